The Bertz CT molecular complexity index is 2140. The number of hydrogen-bond acceptors (Lipinski definition) is 5. The number of hydrogen-bond donors (Lipinski definition) is 1. The highest BCUT2D eigenvalue weighted by Crippen LogP contribution is 2.40. The molecule has 0 spiro atoms. The maximum absolute atomic E-state index is 11.1. The van der Waals surface area contributed by atoms with Crippen LogP contribution in [0.2, 0.25) is 0 Å². The van der Waals surface area contributed by atoms with Crippen molar-refractivity contribution in [3.8, 4) is 23.0 Å². The van der Waals surface area contributed by atoms with Crippen molar-refractivity contribution in [2.24, 2.45) is 0 Å². The molecule has 1 N–H and O–H groups in total. The fourth-order valence-corrected chi connectivity index (χ4v) is 5.69. The standard InChI is InChI=1S/C35H32N4O2/c1-34(2,3)20-17-25(26-19-24(35(4,5)6)32-30(38-26)23-13-10-16-36-33(23)41-32)37-29(18-20)39-27-14-8-7-11-21(27)22-12-9-15-28(40)31(22)39/h7-19,40H,1-6H3. The first-order valence-corrected chi connectivity index (χ1v) is 13.9. The van der Waals surface area contributed by atoms with E-state index in [1.54, 1.807) is 12.3 Å². The predicted octanol–water partition coefficient (Wildman–Crippen LogP) is 8.84. The van der Waals surface area contributed by atoms with Gasteiger partial charge in [0.05, 0.1) is 27.8 Å². The first-order chi connectivity index (χ1) is 19.5. The number of nitrogens with zero attached hydrogens (tertiary/aromatic N) is 4. The summed E-state index contributed by atoms with van der Waals surface area (Å²) in [5.41, 5.74) is 7.20. The van der Waals surface area contributed by atoms with E-state index in [0.717, 1.165) is 66.6 Å². The number of phenols is 1. The first-order valence-electron chi connectivity index (χ1n) is 13.9. The van der Waals surface area contributed by atoms with Crippen LogP contribution in [0.3, 0.4) is 0 Å². The number of fused-ring (bicyclic) bond motifs is 6. The zero-order valence-corrected chi connectivity index (χ0v) is 24.1. The van der Waals surface area contributed by atoms with Crippen LogP contribution in [0.1, 0.15) is 52.7 Å². The van der Waals surface area contributed by atoms with Crippen molar-refractivity contribution in [1.82, 2.24) is 19.5 Å². The van der Waals surface area contributed by atoms with Gasteiger partial charge in [-0.25, -0.2) is 15.0 Å². The molecule has 204 valence electrons. The fourth-order valence-electron chi connectivity index (χ4n) is 5.69. The summed E-state index contributed by atoms with van der Waals surface area (Å²) in [6, 6.07) is 24.2. The summed E-state index contributed by atoms with van der Waals surface area (Å²) in [5.74, 6) is 0.952. The van der Waals surface area contributed by atoms with Gasteiger partial charge >= 0.3 is 0 Å². The molecule has 0 aliphatic rings. The number of aromatic nitrogens is 4. The zero-order chi connectivity index (χ0) is 28.7. The first kappa shape index (κ1) is 25.3. The Morgan fingerprint density at radius 3 is 2.24 bits per heavy atom. The van der Waals surface area contributed by atoms with Crippen molar-refractivity contribution in [1.29, 1.82) is 0 Å². The lowest BCUT2D eigenvalue weighted by molar-refractivity contribution is 0.479. The van der Waals surface area contributed by atoms with E-state index >= 15 is 0 Å². The molecule has 6 nitrogen and oxygen atoms in total. The molecule has 0 aliphatic carbocycles. The maximum atomic E-state index is 11.1. The molecule has 7 rings (SSSR count). The molecule has 5 aromatic heterocycles. The van der Waals surface area contributed by atoms with E-state index in [2.05, 4.69) is 81.4 Å². The Hall–Kier alpha value is -4.71. The summed E-state index contributed by atoms with van der Waals surface area (Å²) < 4.78 is 8.31. The van der Waals surface area contributed by atoms with Gasteiger partial charge in [-0.05, 0) is 58.9 Å². The van der Waals surface area contributed by atoms with E-state index < -0.39 is 0 Å². The molecule has 41 heavy (non-hydrogen) atoms. The Kier molecular flexibility index (Phi) is 5.33. The summed E-state index contributed by atoms with van der Waals surface area (Å²) in [7, 11) is 0. The maximum Gasteiger partial charge on any atom is 0.228 e. The predicted molar refractivity (Wildman–Crippen MR) is 166 cm³/mol. The van der Waals surface area contributed by atoms with Crippen molar-refractivity contribution in [2.75, 3.05) is 0 Å². The second-order valence-corrected chi connectivity index (χ2v) is 12.8. The lowest BCUT2D eigenvalue weighted by Crippen LogP contribution is -2.14. The molecule has 5 heterocycles. The van der Waals surface area contributed by atoms with Crippen molar-refractivity contribution >= 4 is 44.0 Å². The Balaban J connectivity index is 1.58. The molecular weight excluding hydrogens is 508 g/mol. The van der Waals surface area contributed by atoms with Gasteiger partial charge in [-0.2, -0.15) is 0 Å². The molecule has 0 aliphatic heterocycles. The van der Waals surface area contributed by atoms with Crippen LogP contribution in [-0.4, -0.2) is 24.6 Å². The van der Waals surface area contributed by atoms with Crippen LogP contribution >= 0.6 is 0 Å². The number of phenolic OH excluding ortho intramolecular Hbond substituents is 1. The van der Waals surface area contributed by atoms with E-state index in [-0.39, 0.29) is 16.6 Å². The molecule has 6 heteroatoms. The minimum absolute atomic E-state index is 0.156. The highest BCUT2D eigenvalue weighted by molar-refractivity contribution is 6.11. The van der Waals surface area contributed by atoms with Gasteiger partial charge in [-0.15, -0.1) is 0 Å². The number of aromatic hydroxyl groups is 1. The third kappa shape index (κ3) is 3.97. The molecule has 0 bridgehead atoms. The average molecular weight is 541 g/mol. The minimum atomic E-state index is -0.201. The van der Waals surface area contributed by atoms with Gasteiger partial charge in [0, 0.05) is 22.5 Å². The van der Waals surface area contributed by atoms with Gasteiger partial charge in [-0.1, -0.05) is 71.9 Å². The monoisotopic (exact) mass is 540 g/mol. The van der Waals surface area contributed by atoms with Crippen LogP contribution in [0.4, 0.5) is 0 Å². The van der Waals surface area contributed by atoms with Gasteiger partial charge in [0.25, 0.3) is 0 Å². The zero-order valence-electron chi connectivity index (χ0n) is 24.1. The Morgan fingerprint density at radius 1 is 0.732 bits per heavy atom. The smallest absolute Gasteiger partial charge is 0.228 e. The normalized spacial score (nSPS) is 12.7. The van der Waals surface area contributed by atoms with E-state index in [9.17, 15) is 5.11 Å². The lowest BCUT2D eigenvalue weighted by Gasteiger charge is -2.23. The quantitative estimate of drug-likeness (QED) is 0.237. The average Bonchev–Trinajstić information content (AvgIpc) is 3.48. The second kappa shape index (κ2) is 8.64. The van der Waals surface area contributed by atoms with Crippen LogP contribution < -0.4 is 0 Å². The van der Waals surface area contributed by atoms with Gasteiger partial charge in [0.1, 0.15) is 17.1 Å². The summed E-state index contributed by atoms with van der Waals surface area (Å²) in [5, 5.41) is 14.0. The SMILES string of the molecule is CC(C)(C)c1cc(-c2cc(C(C)(C)C)c3oc4ncccc4c3n2)nc(-n2c3ccccc3c3cccc(O)c32)c1. The number of benzene rings is 2. The van der Waals surface area contributed by atoms with Crippen molar-refractivity contribution in [3.63, 3.8) is 0 Å². The summed E-state index contributed by atoms with van der Waals surface area (Å²) in [6.07, 6.45) is 1.74. The molecule has 0 saturated carbocycles. The van der Waals surface area contributed by atoms with Gasteiger partial charge in [0.15, 0.2) is 5.58 Å². The van der Waals surface area contributed by atoms with Crippen LogP contribution in [-0.2, 0) is 10.8 Å². The molecule has 0 unspecified atom stereocenters. The van der Waals surface area contributed by atoms with Crippen LogP contribution in [0.15, 0.2) is 83.4 Å². The molecule has 0 radical (unpaired) electrons. The third-order valence-electron chi connectivity index (χ3n) is 7.85. The second-order valence-electron chi connectivity index (χ2n) is 12.8. The highest BCUT2D eigenvalue weighted by atomic mass is 16.3. The van der Waals surface area contributed by atoms with E-state index in [4.69, 9.17) is 14.4 Å². The van der Waals surface area contributed by atoms with E-state index in [1.807, 2.05) is 36.4 Å². The highest BCUT2D eigenvalue weighted by Gasteiger charge is 2.26. The van der Waals surface area contributed by atoms with Crippen molar-refractivity contribution in [2.45, 2.75) is 52.4 Å². The van der Waals surface area contributed by atoms with Gasteiger partial charge in [-0.3, -0.25) is 4.57 Å². The molecule has 2 aromatic carbocycles. The van der Waals surface area contributed by atoms with Crippen molar-refractivity contribution < 1.29 is 9.52 Å². The van der Waals surface area contributed by atoms with Crippen LogP contribution in [0.25, 0.3) is 61.2 Å². The van der Waals surface area contributed by atoms with E-state index in [1.165, 1.54) is 0 Å². The number of pyridine rings is 3. The Labute approximate surface area is 238 Å². The summed E-state index contributed by atoms with van der Waals surface area (Å²) in [4.78, 5) is 14.8. The number of para-hydroxylation sites is 2. The Morgan fingerprint density at radius 2 is 1.46 bits per heavy atom. The van der Waals surface area contributed by atoms with Crippen LogP contribution in [0.5, 0.6) is 5.75 Å². The molecule has 0 amide bonds. The minimum Gasteiger partial charge on any atom is -0.506 e. The molecular formula is C35H32N4O2. The molecule has 0 atom stereocenters. The van der Waals surface area contributed by atoms with Crippen molar-refractivity contribution in [3.05, 3.63) is 90.1 Å². The molecule has 7 aromatic rings. The van der Waals surface area contributed by atoms with Gasteiger partial charge < -0.3 is 9.52 Å². The summed E-state index contributed by atoms with van der Waals surface area (Å²) >= 11 is 0. The number of rotatable bonds is 2. The fraction of sp³-hybridized carbons (Fsp3) is 0.229. The molecule has 0 saturated heterocycles. The third-order valence-corrected chi connectivity index (χ3v) is 7.85. The number of furan rings is 1. The summed E-state index contributed by atoms with van der Waals surface area (Å²) in [6.45, 7) is 13.1. The van der Waals surface area contributed by atoms with Crippen LogP contribution in [0, 0.1) is 0 Å². The largest absolute Gasteiger partial charge is 0.506 e. The van der Waals surface area contributed by atoms with Gasteiger partial charge in [0.2, 0.25) is 5.71 Å². The lowest BCUT2D eigenvalue weighted by atomic mass is 9.85. The molecule has 0 fully saturated rings. The van der Waals surface area contributed by atoms with E-state index in [0.29, 0.717) is 5.71 Å². The topological polar surface area (TPSA) is 77.0 Å².